The molecular weight excluding hydrogens is 444 g/mol. The lowest BCUT2D eigenvalue weighted by Crippen LogP contribution is -2.44. The van der Waals surface area contributed by atoms with Gasteiger partial charge in [0.25, 0.3) is 0 Å². The van der Waals surface area contributed by atoms with Crippen LogP contribution in [0.2, 0.25) is 0 Å². The lowest BCUT2D eigenvalue weighted by molar-refractivity contribution is 0.0594. The molecule has 33 heavy (non-hydrogen) atoms. The Morgan fingerprint density at radius 2 is 1.97 bits per heavy atom. The van der Waals surface area contributed by atoms with Gasteiger partial charge in [0, 0.05) is 46.0 Å². The first-order chi connectivity index (χ1) is 15.3. The zero-order valence-electron chi connectivity index (χ0n) is 20.2. The number of carbonyl (C=O) groups is 1. The molecule has 3 heterocycles. The third-order valence-corrected chi connectivity index (χ3v) is 5.28. The van der Waals surface area contributed by atoms with E-state index in [0.717, 1.165) is 0 Å². The molecule has 0 aliphatic carbocycles. The molecule has 11 heteroatoms. The van der Waals surface area contributed by atoms with Crippen molar-refractivity contribution in [3.63, 3.8) is 0 Å². The van der Waals surface area contributed by atoms with Crippen molar-refractivity contribution in [3.8, 4) is 11.4 Å². The highest BCUT2D eigenvalue weighted by atomic mass is 32.2. The van der Waals surface area contributed by atoms with Crippen molar-refractivity contribution in [2.45, 2.75) is 39.3 Å². The van der Waals surface area contributed by atoms with Crippen LogP contribution in [0, 0.1) is 0 Å². The number of pyridine rings is 1. The lowest BCUT2D eigenvalue weighted by Gasteiger charge is -2.34. The lowest BCUT2D eigenvalue weighted by atomic mass is 10.1. The topological polar surface area (TPSA) is 119 Å². The number of morpholine rings is 1. The summed E-state index contributed by atoms with van der Waals surface area (Å²) in [6.45, 7) is 9.84. The van der Waals surface area contributed by atoms with Crippen molar-refractivity contribution >= 4 is 33.2 Å². The van der Waals surface area contributed by atoms with Crippen LogP contribution in [0.15, 0.2) is 22.6 Å². The molecule has 1 saturated heterocycles. The fraction of sp³-hybridized carbons (Fsp3) is 0.545. The van der Waals surface area contributed by atoms with Gasteiger partial charge in [-0.25, -0.2) is 24.0 Å². The Bertz CT molecular complexity index is 1150. The minimum atomic E-state index is -2.45. The number of rotatable bonds is 5. The van der Waals surface area contributed by atoms with E-state index in [-0.39, 0.29) is 17.3 Å². The van der Waals surface area contributed by atoms with Gasteiger partial charge in [-0.1, -0.05) is 0 Å². The zero-order chi connectivity index (χ0) is 24.4. The maximum atomic E-state index is 12.4. The molecule has 0 spiro atoms. The summed E-state index contributed by atoms with van der Waals surface area (Å²) in [5, 5.41) is 3.28. The Morgan fingerprint density at radius 1 is 1.24 bits per heavy atom. The Hall–Kier alpha value is -2.79. The summed E-state index contributed by atoms with van der Waals surface area (Å²) in [6, 6.07) is 5.19. The van der Waals surface area contributed by atoms with Crippen LogP contribution >= 0.6 is 0 Å². The van der Waals surface area contributed by atoms with E-state index in [9.17, 15) is 9.00 Å². The SMILES string of the molecule is COC(=O)c1cc(-c2nc(N=S(C)(C)=O)cc(N3CCOC[C@H]3C)n2)cc(NC(C)(C)C)n1. The first-order valence-electron chi connectivity index (χ1n) is 10.6. The molecule has 3 rings (SSSR count). The average molecular weight is 477 g/mol. The van der Waals surface area contributed by atoms with Gasteiger partial charge in [0.2, 0.25) is 0 Å². The average Bonchev–Trinajstić information content (AvgIpc) is 2.70. The van der Waals surface area contributed by atoms with Gasteiger partial charge in [-0.05, 0) is 39.8 Å². The highest BCUT2D eigenvalue weighted by Crippen LogP contribution is 2.29. The Morgan fingerprint density at radius 3 is 2.58 bits per heavy atom. The molecule has 0 amide bonds. The maximum absolute atomic E-state index is 12.4. The van der Waals surface area contributed by atoms with Gasteiger partial charge in [-0.3, -0.25) is 0 Å². The van der Waals surface area contributed by atoms with E-state index in [4.69, 9.17) is 14.5 Å². The second-order valence-electron chi connectivity index (χ2n) is 9.29. The maximum Gasteiger partial charge on any atom is 0.356 e. The molecule has 1 N–H and O–H groups in total. The molecular formula is C22H32N6O4S. The van der Waals surface area contributed by atoms with E-state index in [1.807, 2.05) is 27.7 Å². The number of aromatic nitrogens is 3. The van der Waals surface area contributed by atoms with Gasteiger partial charge < -0.3 is 19.7 Å². The second kappa shape index (κ2) is 9.60. The minimum Gasteiger partial charge on any atom is -0.464 e. The molecule has 0 radical (unpaired) electrons. The zero-order valence-corrected chi connectivity index (χ0v) is 21.0. The van der Waals surface area contributed by atoms with Gasteiger partial charge in [-0.2, -0.15) is 4.36 Å². The Balaban J connectivity index is 2.20. The van der Waals surface area contributed by atoms with Crippen LogP contribution in [-0.4, -0.2) is 76.1 Å². The monoisotopic (exact) mass is 476 g/mol. The molecule has 1 aliphatic rings. The molecule has 0 bridgehead atoms. The van der Waals surface area contributed by atoms with Crippen LogP contribution in [0.1, 0.15) is 38.2 Å². The largest absolute Gasteiger partial charge is 0.464 e. The fourth-order valence-electron chi connectivity index (χ4n) is 3.35. The third kappa shape index (κ3) is 6.84. The summed E-state index contributed by atoms with van der Waals surface area (Å²) in [4.78, 5) is 28.1. The number of methoxy groups -OCH3 is 1. The van der Waals surface area contributed by atoms with Gasteiger partial charge in [-0.15, -0.1) is 0 Å². The van der Waals surface area contributed by atoms with E-state index >= 15 is 0 Å². The van der Waals surface area contributed by atoms with Crippen LogP contribution < -0.4 is 10.2 Å². The highest BCUT2D eigenvalue weighted by molar-refractivity contribution is 7.92. The Kier molecular flexibility index (Phi) is 7.23. The normalized spacial score (nSPS) is 16.9. The first-order valence-corrected chi connectivity index (χ1v) is 13.0. The van der Waals surface area contributed by atoms with Crippen LogP contribution in [0.3, 0.4) is 0 Å². The number of hydrogen-bond donors (Lipinski definition) is 1. The van der Waals surface area contributed by atoms with Gasteiger partial charge in [0.1, 0.15) is 11.6 Å². The summed E-state index contributed by atoms with van der Waals surface area (Å²) in [7, 11) is -1.15. The van der Waals surface area contributed by atoms with Crippen LogP contribution in [0.5, 0.6) is 0 Å². The third-order valence-electron chi connectivity index (χ3n) is 4.66. The molecule has 0 unspecified atom stereocenters. The summed E-state index contributed by atoms with van der Waals surface area (Å²) >= 11 is 0. The van der Waals surface area contributed by atoms with Crippen molar-refractivity contribution in [3.05, 3.63) is 23.9 Å². The number of anilines is 2. The van der Waals surface area contributed by atoms with Crippen molar-refractivity contribution in [2.24, 2.45) is 4.36 Å². The molecule has 10 nitrogen and oxygen atoms in total. The molecule has 2 aromatic rings. The van der Waals surface area contributed by atoms with E-state index in [0.29, 0.717) is 48.6 Å². The van der Waals surface area contributed by atoms with Crippen LogP contribution in [0.25, 0.3) is 11.4 Å². The molecule has 0 aromatic carbocycles. The predicted octanol–water partition coefficient (Wildman–Crippen LogP) is 3.12. The second-order valence-corrected chi connectivity index (χ2v) is 11.8. The van der Waals surface area contributed by atoms with E-state index < -0.39 is 15.7 Å². The van der Waals surface area contributed by atoms with Crippen molar-refractivity contribution in [1.82, 2.24) is 15.0 Å². The summed E-state index contributed by atoms with van der Waals surface area (Å²) in [6.07, 6.45) is 3.11. The smallest absolute Gasteiger partial charge is 0.356 e. The van der Waals surface area contributed by atoms with Crippen molar-refractivity contribution in [2.75, 3.05) is 49.6 Å². The number of hydrogen-bond acceptors (Lipinski definition) is 10. The molecule has 1 fully saturated rings. The number of nitrogens with one attached hydrogen (secondary N) is 1. The number of ether oxygens (including phenoxy) is 2. The quantitative estimate of drug-likeness (QED) is 0.649. The number of carbonyl (C=O) groups excluding carboxylic acids is 1. The van der Waals surface area contributed by atoms with Gasteiger partial charge >= 0.3 is 5.97 Å². The summed E-state index contributed by atoms with van der Waals surface area (Å²) in [5.41, 5.74) is 0.403. The molecule has 1 aliphatic heterocycles. The highest BCUT2D eigenvalue weighted by Gasteiger charge is 2.23. The van der Waals surface area contributed by atoms with E-state index in [1.165, 1.54) is 7.11 Å². The number of esters is 1. The predicted molar refractivity (Wildman–Crippen MR) is 130 cm³/mol. The van der Waals surface area contributed by atoms with Gasteiger partial charge in [0.15, 0.2) is 17.3 Å². The summed E-state index contributed by atoms with van der Waals surface area (Å²) in [5.74, 6) is 1.23. The van der Waals surface area contributed by atoms with Crippen LogP contribution in [0.4, 0.5) is 17.5 Å². The fourth-order valence-corrected chi connectivity index (χ4v) is 3.90. The molecule has 2 aromatic heterocycles. The molecule has 0 saturated carbocycles. The Labute approximate surface area is 195 Å². The van der Waals surface area contributed by atoms with Gasteiger partial charge in [0.05, 0.1) is 26.4 Å². The van der Waals surface area contributed by atoms with E-state index in [2.05, 4.69) is 24.5 Å². The minimum absolute atomic E-state index is 0.100. The van der Waals surface area contributed by atoms with Crippen molar-refractivity contribution < 1.29 is 18.5 Å². The standard InChI is InChI=1S/C22H32N6O4S/c1-14-13-32-9-8-28(14)19-12-18(27-33(6,7)30)24-20(25-19)15-10-16(21(29)31-5)23-17(11-15)26-22(2,3)4/h10-12,14H,8-9,13H2,1-7H3,(H,23,26)/t14-/m1/s1. The summed E-state index contributed by atoms with van der Waals surface area (Å²) < 4.78 is 27.2. The number of nitrogens with zero attached hydrogens (tertiary/aromatic N) is 5. The molecule has 180 valence electrons. The van der Waals surface area contributed by atoms with Crippen LogP contribution in [-0.2, 0) is 19.2 Å². The first kappa shape index (κ1) is 24.8. The van der Waals surface area contributed by atoms with E-state index in [1.54, 1.807) is 30.7 Å². The molecule has 1 atom stereocenters. The van der Waals surface area contributed by atoms with Crippen molar-refractivity contribution in [1.29, 1.82) is 0 Å².